The molecule has 3 nitrogen and oxygen atoms in total. The second-order valence-corrected chi connectivity index (χ2v) is 3.80. The summed E-state index contributed by atoms with van der Waals surface area (Å²) in [5, 5.41) is 0. The van der Waals surface area contributed by atoms with E-state index in [1.54, 1.807) is 0 Å². The Hall–Kier alpha value is -0.990. The van der Waals surface area contributed by atoms with Gasteiger partial charge in [0.25, 0.3) is 0 Å². The van der Waals surface area contributed by atoms with Crippen molar-refractivity contribution in [3.8, 4) is 0 Å². The van der Waals surface area contributed by atoms with Gasteiger partial charge in [0.1, 0.15) is 18.9 Å². The van der Waals surface area contributed by atoms with E-state index in [1.807, 2.05) is 0 Å². The zero-order valence-electron chi connectivity index (χ0n) is 9.19. The van der Waals surface area contributed by atoms with Gasteiger partial charge >= 0.3 is 0 Å². The van der Waals surface area contributed by atoms with Crippen molar-refractivity contribution in [1.82, 2.24) is 0 Å². The van der Waals surface area contributed by atoms with E-state index in [-0.39, 0.29) is 5.92 Å². The van der Waals surface area contributed by atoms with Gasteiger partial charge in [0.2, 0.25) is 0 Å². The van der Waals surface area contributed by atoms with Crippen molar-refractivity contribution >= 4 is 18.9 Å². The summed E-state index contributed by atoms with van der Waals surface area (Å²) in [5.74, 6) is 0.114. The average molecular weight is 212 g/mol. The zero-order valence-corrected chi connectivity index (χ0v) is 9.19. The number of unbranched alkanes of at least 4 members (excludes halogenated alkanes) is 4. The summed E-state index contributed by atoms with van der Waals surface area (Å²) >= 11 is 0. The van der Waals surface area contributed by atoms with Crippen LogP contribution >= 0.6 is 0 Å². The standard InChI is InChI=1S/C12H20O3/c13-9-5-1-3-7-12(11-15)8-4-2-6-10-14/h9-12H,1-8H2. The van der Waals surface area contributed by atoms with Crippen LogP contribution in [-0.2, 0) is 14.4 Å². The molecule has 0 unspecified atom stereocenters. The van der Waals surface area contributed by atoms with E-state index in [4.69, 9.17) is 0 Å². The van der Waals surface area contributed by atoms with E-state index >= 15 is 0 Å². The van der Waals surface area contributed by atoms with E-state index in [1.165, 1.54) is 0 Å². The van der Waals surface area contributed by atoms with Gasteiger partial charge in [-0.1, -0.05) is 12.8 Å². The molecule has 0 aliphatic heterocycles. The predicted octanol–water partition coefficient (Wildman–Crippen LogP) is 2.32. The van der Waals surface area contributed by atoms with Gasteiger partial charge in [0, 0.05) is 18.8 Å². The first-order valence-corrected chi connectivity index (χ1v) is 5.67. The van der Waals surface area contributed by atoms with Gasteiger partial charge in [0.15, 0.2) is 0 Å². The van der Waals surface area contributed by atoms with Crippen molar-refractivity contribution in [3.05, 3.63) is 0 Å². The molecular weight excluding hydrogens is 192 g/mol. The summed E-state index contributed by atoms with van der Waals surface area (Å²) in [7, 11) is 0. The Kier molecular flexibility index (Phi) is 10.4. The number of carbonyl (C=O) groups is 3. The van der Waals surface area contributed by atoms with Crippen LogP contribution in [0.2, 0.25) is 0 Å². The Bertz CT molecular complexity index is 162. The van der Waals surface area contributed by atoms with Crippen molar-refractivity contribution in [2.75, 3.05) is 0 Å². The first kappa shape index (κ1) is 14.0. The molecule has 0 saturated heterocycles. The molecule has 15 heavy (non-hydrogen) atoms. The minimum absolute atomic E-state index is 0.114. The van der Waals surface area contributed by atoms with E-state index in [2.05, 4.69) is 0 Å². The van der Waals surface area contributed by atoms with Crippen LogP contribution in [0.5, 0.6) is 0 Å². The van der Waals surface area contributed by atoms with Crippen molar-refractivity contribution in [2.24, 2.45) is 5.92 Å². The SMILES string of the molecule is O=CCCCCC(C=O)CCCCC=O. The van der Waals surface area contributed by atoms with Gasteiger partial charge < -0.3 is 14.4 Å². The summed E-state index contributed by atoms with van der Waals surface area (Å²) < 4.78 is 0. The lowest BCUT2D eigenvalue weighted by molar-refractivity contribution is -0.111. The summed E-state index contributed by atoms with van der Waals surface area (Å²) in [6.45, 7) is 0. The monoisotopic (exact) mass is 212 g/mol. The molecule has 0 radical (unpaired) electrons. The molecule has 0 fully saturated rings. The molecule has 0 aromatic rings. The molecule has 0 aromatic heterocycles. The maximum absolute atomic E-state index is 10.7. The van der Waals surface area contributed by atoms with Crippen LogP contribution in [0.25, 0.3) is 0 Å². The van der Waals surface area contributed by atoms with Crippen molar-refractivity contribution < 1.29 is 14.4 Å². The minimum Gasteiger partial charge on any atom is -0.303 e. The molecule has 3 heteroatoms. The number of hydrogen-bond donors (Lipinski definition) is 0. The highest BCUT2D eigenvalue weighted by Gasteiger charge is 2.06. The van der Waals surface area contributed by atoms with Crippen LogP contribution in [-0.4, -0.2) is 18.9 Å². The molecule has 0 N–H and O–H groups in total. The summed E-state index contributed by atoms with van der Waals surface area (Å²) in [4.78, 5) is 30.8. The van der Waals surface area contributed by atoms with Crippen LogP contribution < -0.4 is 0 Å². The van der Waals surface area contributed by atoms with Crippen LogP contribution in [0.1, 0.15) is 51.4 Å². The first-order valence-electron chi connectivity index (χ1n) is 5.67. The highest BCUT2D eigenvalue weighted by molar-refractivity contribution is 5.53. The molecule has 0 amide bonds. The summed E-state index contributed by atoms with van der Waals surface area (Å²) in [6.07, 6.45) is 9.40. The third-order valence-electron chi connectivity index (χ3n) is 2.49. The van der Waals surface area contributed by atoms with Gasteiger partial charge in [-0.05, 0) is 25.7 Å². The molecule has 0 saturated carbocycles. The van der Waals surface area contributed by atoms with E-state index < -0.39 is 0 Å². The summed E-state index contributed by atoms with van der Waals surface area (Å²) in [5.41, 5.74) is 0. The van der Waals surface area contributed by atoms with Crippen molar-refractivity contribution in [1.29, 1.82) is 0 Å². The fourth-order valence-electron chi connectivity index (χ4n) is 1.55. The number of hydrogen-bond acceptors (Lipinski definition) is 3. The maximum atomic E-state index is 10.7. The molecule has 0 aliphatic carbocycles. The van der Waals surface area contributed by atoms with Crippen LogP contribution in [0.3, 0.4) is 0 Å². The van der Waals surface area contributed by atoms with Crippen molar-refractivity contribution in [2.45, 2.75) is 51.4 Å². The van der Waals surface area contributed by atoms with Crippen LogP contribution in [0.4, 0.5) is 0 Å². The van der Waals surface area contributed by atoms with Gasteiger partial charge in [-0.3, -0.25) is 0 Å². The van der Waals surface area contributed by atoms with E-state index in [9.17, 15) is 14.4 Å². The normalized spacial score (nSPS) is 10.2. The van der Waals surface area contributed by atoms with E-state index in [0.717, 1.165) is 57.4 Å². The zero-order chi connectivity index (χ0) is 11.4. The highest BCUT2D eigenvalue weighted by atomic mass is 16.1. The van der Waals surface area contributed by atoms with Crippen LogP contribution in [0.15, 0.2) is 0 Å². The minimum atomic E-state index is 0.114. The highest BCUT2D eigenvalue weighted by Crippen LogP contribution is 2.14. The van der Waals surface area contributed by atoms with E-state index in [0.29, 0.717) is 12.8 Å². The fraction of sp³-hybridized carbons (Fsp3) is 0.750. The lowest BCUT2D eigenvalue weighted by Crippen LogP contribution is -2.02. The Labute approximate surface area is 91.2 Å². The molecule has 0 heterocycles. The van der Waals surface area contributed by atoms with Gasteiger partial charge in [-0.15, -0.1) is 0 Å². The van der Waals surface area contributed by atoms with Crippen molar-refractivity contribution in [3.63, 3.8) is 0 Å². The molecule has 86 valence electrons. The summed E-state index contributed by atoms with van der Waals surface area (Å²) in [6, 6.07) is 0. The van der Waals surface area contributed by atoms with Gasteiger partial charge in [0.05, 0.1) is 0 Å². The Balaban J connectivity index is 3.41. The molecular formula is C12H20O3. The Morgan fingerprint density at radius 2 is 1.20 bits per heavy atom. The smallest absolute Gasteiger partial charge is 0.123 e. The fourth-order valence-corrected chi connectivity index (χ4v) is 1.55. The Morgan fingerprint density at radius 1 is 0.733 bits per heavy atom. The number of rotatable bonds is 11. The second-order valence-electron chi connectivity index (χ2n) is 3.80. The number of aldehydes is 3. The molecule has 0 rings (SSSR count). The largest absolute Gasteiger partial charge is 0.303 e. The van der Waals surface area contributed by atoms with Gasteiger partial charge in [-0.25, -0.2) is 0 Å². The molecule has 0 atom stereocenters. The Morgan fingerprint density at radius 3 is 1.53 bits per heavy atom. The lowest BCUT2D eigenvalue weighted by Gasteiger charge is -2.08. The topological polar surface area (TPSA) is 51.2 Å². The molecule has 0 aromatic carbocycles. The molecule has 0 aliphatic rings. The molecule has 0 spiro atoms. The first-order chi connectivity index (χ1) is 7.35. The predicted molar refractivity (Wildman–Crippen MR) is 58.6 cm³/mol. The second kappa shape index (κ2) is 11.1. The molecule has 0 bridgehead atoms. The number of carbonyl (C=O) groups excluding carboxylic acids is 3. The van der Waals surface area contributed by atoms with Crippen LogP contribution in [0, 0.1) is 5.92 Å². The third kappa shape index (κ3) is 9.32. The third-order valence-corrected chi connectivity index (χ3v) is 2.49. The average Bonchev–Trinajstić information content (AvgIpc) is 2.27. The maximum Gasteiger partial charge on any atom is 0.123 e. The quantitative estimate of drug-likeness (QED) is 0.390. The van der Waals surface area contributed by atoms with Gasteiger partial charge in [-0.2, -0.15) is 0 Å². The lowest BCUT2D eigenvalue weighted by atomic mass is 9.96.